The Balaban J connectivity index is 1.88. The van der Waals surface area contributed by atoms with Gasteiger partial charge in [-0.1, -0.05) is 54.3 Å². The Morgan fingerprint density at radius 2 is 1.74 bits per heavy atom. The molecule has 19 heavy (non-hydrogen) atoms. The molecule has 0 aromatic heterocycles. The lowest BCUT2D eigenvalue weighted by molar-refractivity contribution is 0.415. The smallest absolute Gasteiger partial charge is 0.118 e. The molecular weight excluding hydrogens is 232 g/mol. The molecule has 2 aromatic rings. The van der Waals surface area contributed by atoms with Crippen molar-refractivity contribution in [3.05, 3.63) is 71.8 Å². The van der Waals surface area contributed by atoms with Crippen molar-refractivity contribution in [2.75, 3.05) is 7.11 Å². The molecule has 2 rings (SSSR count). The molecule has 0 heterocycles. The van der Waals surface area contributed by atoms with Gasteiger partial charge in [0.25, 0.3) is 0 Å². The van der Waals surface area contributed by atoms with Gasteiger partial charge in [-0.2, -0.15) is 0 Å². The van der Waals surface area contributed by atoms with Crippen molar-refractivity contribution >= 4 is 6.08 Å². The molecule has 2 aromatic carbocycles. The maximum absolute atomic E-state index is 5.11. The highest BCUT2D eigenvalue weighted by Crippen LogP contribution is 2.12. The fourth-order valence-electron chi connectivity index (χ4n) is 1.64. The zero-order valence-corrected chi connectivity index (χ0v) is 11.0. The summed E-state index contributed by atoms with van der Waals surface area (Å²) < 4.78 is 5.11. The Morgan fingerprint density at radius 1 is 1.00 bits per heavy atom. The Bertz CT molecular complexity index is 583. The van der Waals surface area contributed by atoms with Crippen molar-refractivity contribution in [3.63, 3.8) is 0 Å². The molecule has 0 saturated heterocycles. The minimum Gasteiger partial charge on any atom is -0.497 e. The number of rotatable bonds is 3. The standard InChI is InChI=1S/C18H16O/c1-19-18-14-12-17(13-15-18)11-7-3-6-10-16-8-4-2-5-9-16/h2,4-5,7-9,11-15H,3H2,1H3/b11-7+. The van der Waals surface area contributed by atoms with Crippen LogP contribution in [-0.4, -0.2) is 7.11 Å². The van der Waals surface area contributed by atoms with Gasteiger partial charge in [-0.25, -0.2) is 0 Å². The second kappa shape index (κ2) is 7.08. The van der Waals surface area contributed by atoms with Crippen molar-refractivity contribution in [3.8, 4) is 17.6 Å². The SMILES string of the molecule is COc1ccc(/C=C/CC#Cc2ccccc2)cc1. The average molecular weight is 248 g/mol. The maximum atomic E-state index is 5.11. The number of methoxy groups -OCH3 is 1. The molecule has 94 valence electrons. The van der Waals surface area contributed by atoms with Crippen LogP contribution in [0.3, 0.4) is 0 Å². The fourth-order valence-corrected chi connectivity index (χ4v) is 1.64. The van der Waals surface area contributed by atoms with Gasteiger partial charge in [-0.05, 0) is 29.8 Å². The van der Waals surface area contributed by atoms with Crippen LogP contribution < -0.4 is 4.74 Å². The Hall–Kier alpha value is -2.46. The summed E-state index contributed by atoms with van der Waals surface area (Å²) in [7, 11) is 1.67. The van der Waals surface area contributed by atoms with E-state index in [4.69, 9.17) is 4.74 Å². The lowest BCUT2D eigenvalue weighted by Gasteiger charge is -1.98. The lowest BCUT2D eigenvalue weighted by atomic mass is 10.2. The van der Waals surface area contributed by atoms with Gasteiger partial charge in [0.1, 0.15) is 5.75 Å². The molecule has 0 fully saturated rings. The number of benzene rings is 2. The van der Waals surface area contributed by atoms with E-state index in [2.05, 4.69) is 24.0 Å². The number of hydrogen-bond acceptors (Lipinski definition) is 1. The molecule has 0 radical (unpaired) electrons. The van der Waals surface area contributed by atoms with Crippen molar-refractivity contribution in [2.45, 2.75) is 6.42 Å². The fraction of sp³-hybridized carbons (Fsp3) is 0.111. The van der Waals surface area contributed by atoms with Gasteiger partial charge in [0.15, 0.2) is 0 Å². The largest absolute Gasteiger partial charge is 0.497 e. The average Bonchev–Trinajstić information content (AvgIpc) is 2.49. The first kappa shape index (κ1) is 13.0. The minimum absolute atomic E-state index is 0.751. The molecule has 0 unspecified atom stereocenters. The zero-order chi connectivity index (χ0) is 13.3. The van der Waals surface area contributed by atoms with Gasteiger partial charge in [-0.3, -0.25) is 0 Å². The third kappa shape index (κ3) is 4.37. The van der Waals surface area contributed by atoms with Crippen LogP contribution in [0.4, 0.5) is 0 Å². The van der Waals surface area contributed by atoms with E-state index >= 15 is 0 Å². The van der Waals surface area contributed by atoms with Crippen LogP contribution in [0.5, 0.6) is 5.75 Å². The highest BCUT2D eigenvalue weighted by atomic mass is 16.5. The van der Waals surface area contributed by atoms with Crippen LogP contribution in [0.2, 0.25) is 0 Å². The molecule has 0 aliphatic carbocycles. The monoisotopic (exact) mass is 248 g/mol. The maximum Gasteiger partial charge on any atom is 0.118 e. The lowest BCUT2D eigenvalue weighted by Crippen LogP contribution is -1.81. The summed E-state index contributed by atoms with van der Waals surface area (Å²) in [6.45, 7) is 0. The summed E-state index contributed by atoms with van der Waals surface area (Å²) in [6, 6.07) is 18.0. The van der Waals surface area contributed by atoms with Gasteiger partial charge in [0, 0.05) is 12.0 Å². The van der Waals surface area contributed by atoms with E-state index < -0.39 is 0 Å². The summed E-state index contributed by atoms with van der Waals surface area (Å²) in [6.07, 6.45) is 4.89. The van der Waals surface area contributed by atoms with Crippen LogP contribution in [-0.2, 0) is 0 Å². The van der Waals surface area contributed by atoms with E-state index in [9.17, 15) is 0 Å². The first-order valence-electron chi connectivity index (χ1n) is 6.23. The number of hydrogen-bond donors (Lipinski definition) is 0. The molecule has 1 nitrogen and oxygen atoms in total. The van der Waals surface area contributed by atoms with E-state index in [0.717, 1.165) is 23.3 Å². The van der Waals surface area contributed by atoms with Crippen molar-refractivity contribution in [2.24, 2.45) is 0 Å². The van der Waals surface area contributed by atoms with E-state index in [1.807, 2.05) is 54.6 Å². The molecule has 0 aliphatic rings. The summed E-state index contributed by atoms with van der Waals surface area (Å²) >= 11 is 0. The number of allylic oxidation sites excluding steroid dienone is 1. The van der Waals surface area contributed by atoms with Gasteiger partial charge in [0.05, 0.1) is 7.11 Å². The molecule has 0 bridgehead atoms. The molecular formula is C18H16O. The third-order valence-corrected chi connectivity index (χ3v) is 2.65. The Morgan fingerprint density at radius 3 is 2.42 bits per heavy atom. The number of ether oxygens (including phenoxy) is 1. The summed E-state index contributed by atoms with van der Waals surface area (Å²) in [5, 5.41) is 0. The molecule has 0 amide bonds. The van der Waals surface area contributed by atoms with E-state index in [1.54, 1.807) is 7.11 Å². The van der Waals surface area contributed by atoms with Crippen molar-refractivity contribution < 1.29 is 4.74 Å². The molecule has 0 atom stereocenters. The van der Waals surface area contributed by atoms with Crippen LogP contribution in [0.15, 0.2) is 60.7 Å². The Kier molecular flexibility index (Phi) is 4.84. The predicted molar refractivity (Wildman–Crippen MR) is 80.0 cm³/mol. The van der Waals surface area contributed by atoms with E-state index in [-0.39, 0.29) is 0 Å². The van der Waals surface area contributed by atoms with Gasteiger partial charge < -0.3 is 4.74 Å². The van der Waals surface area contributed by atoms with Crippen LogP contribution in [0.1, 0.15) is 17.5 Å². The molecule has 0 saturated carbocycles. The van der Waals surface area contributed by atoms with E-state index in [0.29, 0.717) is 0 Å². The first-order valence-corrected chi connectivity index (χ1v) is 6.23. The van der Waals surface area contributed by atoms with Gasteiger partial charge in [0.2, 0.25) is 0 Å². The first-order chi connectivity index (χ1) is 9.38. The second-order valence-corrected chi connectivity index (χ2v) is 4.05. The second-order valence-electron chi connectivity index (χ2n) is 4.05. The zero-order valence-electron chi connectivity index (χ0n) is 11.0. The summed E-state index contributed by atoms with van der Waals surface area (Å²) in [5.74, 6) is 7.14. The molecule has 0 spiro atoms. The minimum atomic E-state index is 0.751. The van der Waals surface area contributed by atoms with E-state index in [1.165, 1.54) is 0 Å². The van der Waals surface area contributed by atoms with Gasteiger partial charge >= 0.3 is 0 Å². The van der Waals surface area contributed by atoms with Crippen LogP contribution in [0.25, 0.3) is 6.08 Å². The molecule has 1 heteroatoms. The van der Waals surface area contributed by atoms with Crippen molar-refractivity contribution in [1.82, 2.24) is 0 Å². The summed E-state index contributed by atoms with van der Waals surface area (Å²) in [5.41, 5.74) is 2.21. The Labute approximate surface area is 114 Å². The van der Waals surface area contributed by atoms with Crippen LogP contribution in [0, 0.1) is 11.8 Å². The van der Waals surface area contributed by atoms with Crippen molar-refractivity contribution in [1.29, 1.82) is 0 Å². The highest BCUT2D eigenvalue weighted by molar-refractivity contribution is 5.51. The molecule has 0 aliphatic heterocycles. The predicted octanol–water partition coefficient (Wildman–Crippen LogP) is 4.15. The third-order valence-electron chi connectivity index (χ3n) is 2.65. The molecule has 0 N–H and O–H groups in total. The topological polar surface area (TPSA) is 9.23 Å². The van der Waals surface area contributed by atoms with Crippen LogP contribution >= 0.6 is 0 Å². The quantitative estimate of drug-likeness (QED) is 0.741. The van der Waals surface area contributed by atoms with Gasteiger partial charge in [-0.15, -0.1) is 0 Å². The summed E-state index contributed by atoms with van der Waals surface area (Å²) in [4.78, 5) is 0. The normalized spacial score (nSPS) is 9.95. The highest BCUT2D eigenvalue weighted by Gasteiger charge is 1.89.